The number of amides is 1. The molecule has 0 radical (unpaired) electrons. The lowest BCUT2D eigenvalue weighted by molar-refractivity contribution is 0.0946. The van der Waals surface area contributed by atoms with E-state index in [0.717, 1.165) is 18.8 Å². The lowest BCUT2D eigenvalue weighted by Gasteiger charge is -2.28. The first-order valence-corrected chi connectivity index (χ1v) is 4.66. The summed E-state index contributed by atoms with van der Waals surface area (Å²) in [5.41, 5.74) is 0.562. The van der Waals surface area contributed by atoms with E-state index in [-0.39, 0.29) is 5.91 Å². The number of aromatic nitrogens is 2. The molecule has 0 spiro atoms. The molecule has 1 amide bonds. The lowest BCUT2D eigenvalue weighted by Crippen LogP contribution is -2.44. The number of carbonyl (C=O) groups is 1. The van der Waals surface area contributed by atoms with Crippen molar-refractivity contribution in [2.24, 2.45) is 0 Å². The van der Waals surface area contributed by atoms with Gasteiger partial charge in [0.15, 0.2) is 0 Å². The Morgan fingerprint density at radius 2 is 2.50 bits per heavy atom. The van der Waals surface area contributed by atoms with Gasteiger partial charge in [-0.1, -0.05) is 6.92 Å². The molecule has 0 aliphatic carbocycles. The molecule has 0 aromatic carbocycles. The first-order valence-electron chi connectivity index (χ1n) is 4.66. The van der Waals surface area contributed by atoms with E-state index in [9.17, 15) is 4.79 Å². The summed E-state index contributed by atoms with van der Waals surface area (Å²) in [6.45, 7) is 3.53. The molecular formula is C9H12N4O. The van der Waals surface area contributed by atoms with Gasteiger partial charge in [0.05, 0.1) is 6.67 Å². The number of nitrogens with zero attached hydrogens (tertiary/aromatic N) is 3. The second-order valence-corrected chi connectivity index (χ2v) is 3.19. The van der Waals surface area contributed by atoms with Crippen LogP contribution in [-0.4, -0.2) is 29.1 Å². The monoisotopic (exact) mass is 192 g/mol. The largest absolute Gasteiger partial charge is 0.338 e. The van der Waals surface area contributed by atoms with Crippen LogP contribution < -0.4 is 10.2 Å². The van der Waals surface area contributed by atoms with E-state index in [4.69, 9.17) is 0 Å². The normalized spacial score (nSPS) is 14.9. The molecule has 2 rings (SSSR count). The molecule has 1 aromatic rings. The number of fused-ring (bicyclic) bond motifs is 1. The van der Waals surface area contributed by atoms with Crippen LogP contribution in [0.15, 0.2) is 12.5 Å². The van der Waals surface area contributed by atoms with Crippen molar-refractivity contribution in [2.45, 2.75) is 13.3 Å². The van der Waals surface area contributed by atoms with Crippen LogP contribution in [-0.2, 0) is 0 Å². The summed E-state index contributed by atoms with van der Waals surface area (Å²) in [5, 5.41) is 2.78. The zero-order valence-corrected chi connectivity index (χ0v) is 8.03. The van der Waals surface area contributed by atoms with Crippen LogP contribution in [0.1, 0.15) is 23.7 Å². The van der Waals surface area contributed by atoms with Crippen molar-refractivity contribution in [2.75, 3.05) is 18.1 Å². The summed E-state index contributed by atoms with van der Waals surface area (Å²) < 4.78 is 0. The molecule has 1 aliphatic heterocycles. The molecule has 1 aliphatic rings. The number of nitrogens with one attached hydrogen (secondary N) is 1. The first-order chi connectivity index (χ1) is 6.83. The van der Waals surface area contributed by atoms with Crippen molar-refractivity contribution >= 4 is 11.7 Å². The zero-order chi connectivity index (χ0) is 9.97. The van der Waals surface area contributed by atoms with Crippen LogP contribution in [0.25, 0.3) is 0 Å². The van der Waals surface area contributed by atoms with Crippen LogP contribution in [0, 0.1) is 0 Å². The number of rotatable bonds is 2. The second-order valence-electron chi connectivity index (χ2n) is 3.19. The van der Waals surface area contributed by atoms with Gasteiger partial charge in [0.25, 0.3) is 5.91 Å². The minimum Gasteiger partial charge on any atom is -0.338 e. The van der Waals surface area contributed by atoms with Crippen molar-refractivity contribution in [1.82, 2.24) is 15.3 Å². The topological polar surface area (TPSA) is 58.1 Å². The summed E-state index contributed by atoms with van der Waals surface area (Å²) in [6.07, 6.45) is 4.05. The summed E-state index contributed by atoms with van der Waals surface area (Å²) in [7, 11) is 0. The third-order valence-corrected chi connectivity index (χ3v) is 2.16. The van der Waals surface area contributed by atoms with Gasteiger partial charge in [-0.25, -0.2) is 9.97 Å². The number of hydrogen-bond donors (Lipinski definition) is 1. The Bertz CT molecular complexity index is 352. The Labute approximate surface area is 82.2 Å². The van der Waals surface area contributed by atoms with Gasteiger partial charge in [-0.05, 0) is 6.42 Å². The fraction of sp³-hybridized carbons (Fsp3) is 0.444. The second kappa shape index (κ2) is 3.61. The van der Waals surface area contributed by atoms with Gasteiger partial charge in [-0.15, -0.1) is 0 Å². The third-order valence-electron chi connectivity index (χ3n) is 2.16. The summed E-state index contributed by atoms with van der Waals surface area (Å²) in [5.74, 6) is 0.651. The first kappa shape index (κ1) is 8.93. The maximum Gasteiger partial charge on any atom is 0.258 e. The average molecular weight is 192 g/mol. The molecular weight excluding hydrogens is 180 g/mol. The molecule has 2 heterocycles. The van der Waals surface area contributed by atoms with Crippen LogP contribution in [0.5, 0.6) is 0 Å². The highest BCUT2D eigenvalue weighted by molar-refractivity contribution is 6.00. The van der Waals surface area contributed by atoms with E-state index >= 15 is 0 Å². The third kappa shape index (κ3) is 1.41. The minimum atomic E-state index is -0.0899. The van der Waals surface area contributed by atoms with E-state index < -0.39 is 0 Å². The van der Waals surface area contributed by atoms with Crippen molar-refractivity contribution in [3.63, 3.8) is 0 Å². The molecule has 0 saturated carbocycles. The molecule has 0 saturated heterocycles. The molecule has 0 fully saturated rings. The average Bonchev–Trinajstić information content (AvgIpc) is 2.23. The van der Waals surface area contributed by atoms with Gasteiger partial charge in [0, 0.05) is 12.7 Å². The van der Waals surface area contributed by atoms with Gasteiger partial charge in [-0.2, -0.15) is 0 Å². The predicted molar refractivity (Wildman–Crippen MR) is 52.0 cm³/mol. The molecule has 1 N–H and O–H groups in total. The number of hydrogen-bond acceptors (Lipinski definition) is 4. The summed E-state index contributed by atoms with van der Waals surface area (Å²) in [6, 6.07) is 0. The highest BCUT2D eigenvalue weighted by atomic mass is 16.2. The van der Waals surface area contributed by atoms with Gasteiger partial charge in [0.1, 0.15) is 17.7 Å². The van der Waals surface area contributed by atoms with Crippen molar-refractivity contribution in [3.8, 4) is 0 Å². The Morgan fingerprint density at radius 1 is 1.64 bits per heavy atom. The van der Waals surface area contributed by atoms with Crippen LogP contribution in [0.3, 0.4) is 0 Å². The SMILES string of the molecule is CCCN1CNC(=O)c2cncnc21. The number of carbonyl (C=O) groups excluding carboxylic acids is 1. The van der Waals surface area contributed by atoms with E-state index in [0.29, 0.717) is 12.2 Å². The Hall–Kier alpha value is -1.65. The summed E-state index contributed by atoms with van der Waals surface area (Å²) in [4.78, 5) is 21.4. The molecule has 5 heteroatoms. The van der Waals surface area contributed by atoms with Crippen molar-refractivity contribution in [1.29, 1.82) is 0 Å². The lowest BCUT2D eigenvalue weighted by atomic mass is 10.2. The molecule has 0 bridgehead atoms. The molecule has 74 valence electrons. The fourth-order valence-corrected chi connectivity index (χ4v) is 1.53. The van der Waals surface area contributed by atoms with Crippen molar-refractivity contribution in [3.05, 3.63) is 18.1 Å². The molecule has 0 atom stereocenters. The van der Waals surface area contributed by atoms with E-state index in [2.05, 4.69) is 22.2 Å². The van der Waals surface area contributed by atoms with E-state index in [1.54, 1.807) is 6.20 Å². The Morgan fingerprint density at radius 3 is 3.29 bits per heavy atom. The molecule has 1 aromatic heterocycles. The smallest absolute Gasteiger partial charge is 0.258 e. The van der Waals surface area contributed by atoms with Gasteiger partial charge < -0.3 is 10.2 Å². The number of anilines is 1. The van der Waals surface area contributed by atoms with Crippen molar-refractivity contribution < 1.29 is 4.79 Å². The van der Waals surface area contributed by atoms with Gasteiger partial charge in [0.2, 0.25) is 0 Å². The summed E-state index contributed by atoms with van der Waals surface area (Å²) >= 11 is 0. The maximum atomic E-state index is 11.4. The van der Waals surface area contributed by atoms with Gasteiger partial charge in [-0.3, -0.25) is 4.79 Å². The molecule has 0 unspecified atom stereocenters. The zero-order valence-electron chi connectivity index (χ0n) is 8.03. The molecule has 5 nitrogen and oxygen atoms in total. The quantitative estimate of drug-likeness (QED) is 0.736. The minimum absolute atomic E-state index is 0.0899. The standard InChI is InChI=1S/C9H12N4O/c1-2-3-13-6-12-9(14)7-4-10-5-11-8(7)13/h4-5H,2-3,6H2,1H3,(H,12,14). The highest BCUT2D eigenvalue weighted by Crippen LogP contribution is 2.18. The molecule has 14 heavy (non-hydrogen) atoms. The van der Waals surface area contributed by atoms with Gasteiger partial charge >= 0.3 is 0 Å². The van der Waals surface area contributed by atoms with E-state index in [1.807, 2.05) is 4.90 Å². The van der Waals surface area contributed by atoms with E-state index in [1.165, 1.54) is 6.33 Å². The maximum absolute atomic E-state index is 11.4. The van der Waals surface area contributed by atoms with Crippen LogP contribution in [0.4, 0.5) is 5.82 Å². The Balaban J connectivity index is 2.36. The fourth-order valence-electron chi connectivity index (χ4n) is 1.53. The van der Waals surface area contributed by atoms with Crippen LogP contribution >= 0.6 is 0 Å². The highest BCUT2D eigenvalue weighted by Gasteiger charge is 2.22. The predicted octanol–water partition coefficient (Wildman–Crippen LogP) is 0.394. The van der Waals surface area contributed by atoms with Crippen LogP contribution in [0.2, 0.25) is 0 Å². The Kier molecular flexibility index (Phi) is 2.30.